The minimum atomic E-state index is 0. The molecule has 1 N–H and O–H groups in total. The van der Waals surface area contributed by atoms with Gasteiger partial charge in [-0.15, -0.1) is 12.4 Å². The van der Waals surface area contributed by atoms with E-state index in [4.69, 9.17) is 0 Å². The lowest BCUT2D eigenvalue weighted by atomic mass is 9.88. The Bertz CT molecular complexity index is 443. The predicted octanol–water partition coefficient (Wildman–Crippen LogP) is 2.75. The number of rotatable bonds is 3. The van der Waals surface area contributed by atoms with Crippen molar-refractivity contribution in [3.8, 4) is 0 Å². The topological polar surface area (TPSA) is 18.5 Å². The maximum atomic E-state index is 3.51. The van der Waals surface area contributed by atoms with Crippen LogP contribution in [-0.4, -0.2) is 39.3 Å². The number of nitrogens with one attached hydrogen (secondary N) is 1. The molecule has 2 aliphatic rings. The molecule has 3 nitrogen and oxygen atoms in total. The van der Waals surface area contributed by atoms with Gasteiger partial charge in [0, 0.05) is 32.7 Å². The lowest BCUT2D eigenvalue weighted by molar-refractivity contribution is 0.363. The zero-order valence-electron chi connectivity index (χ0n) is 12.6. The number of hydrogen-bond donors (Lipinski definition) is 1. The Kier molecular flexibility index (Phi) is 4.82. The normalized spacial score (nSPS) is 25.3. The molecule has 0 aliphatic carbocycles. The molecule has 1 aromatic rings. The van der Waals surface area contributed by atoms with Crippen LogP contribution in [0, 0.1) is 5.41 Å². The van der Waals surface area contributed by atoms with Crippen molar-refractivity contribution in [1.82, 2.24) is 5.32 Å². The first-order valence-corrected chi connectivity index (χ1v) is 7.51. The molecule has 0 spiro atoms. The molecule has 4 heteroatoms. The molecule has 20 heavy (non-hydrogen) atoms. The van der Waals surface area contributed by atoms with Gasteiger partial charge in [-0.1, -0.05) is 19.1 Å². The molecule has 0 bridgehead atoms. The molecule has 1 atom stereocenters. The third-order valence-electron chi connectivity index (χ3n) is 4.61. The van der Waals surface area contributed by atoms with Gasteiger partial charge in [-0.3, -0.25) is 0 Å². The molecule has 1 aromatic carbocycles. The van der Waals surface area contributed by atoms with Crippen LogP contribution in [0.15, 0.2) is 24.3 Å². The van der Waals surface area contributed by atoms with Gasteiger partial charge in [0.25, 0.3) is 0 Å². The summed E-state index contributed by atoms with van der Waals surface area (Å²) >= 11 is 0. The first kappa shape index (κ1) is 15.5. The molecule has 3 rings (SSSR count). The number of benzene rings is 1. The monoisotopic (exact) mass is 295 g/mol. The van der Waals surface area contributed by atoms with E-state index < -0.39 is 0 Å². The van der Waals surface area contributed by atoms with Gasteiger partial charge in [0.1, 0.15) is 0 Å². The van der Waals surface area contributed by atoms with Gasteiger partial charge in [0.2, 0.25) is 0 Å². The molecule has 112 valence electrons. The van der Waals surface area contributed by atoms with Gasteiger partial charge in [-0.05, 0) is 37.4 Å². The minimum Gasteiger partial charge on any atom is -0.368 e. The SMILES string of the molecule is CCN1CCN(CC2(C)CCNC2)c2ccccc21.Cl. The largest absolute Gasteiger partial charge is 0.368 e. The molecule has 1 unspecified atom stereocenters. The average Bonchev–Trinajstić information content (AvgIpc) is 2.86. The highest BCUT2D eigenvalue weighted by molar-refractivity contribution is 5.85. The average molecular weight is 296 g/mol. The third kappa shape index (κ3) is 2.89. The van der Waals surface area contributed by atoms with E-state index in [1.54, 1.807) is 0 Å². The van der Waals surface area contributed by atoms with Crippen LogP contribution in [0.1, 0.15) is 20.3 Å². The van der Waals surface area contributed by atoms with Crippen molar-refractivity contribution in [2.24, 2.45) is 5.41 Å². The van der Waals surface area contributed by atoms with E-state index in [2.05, 4.69) is 53.2 Å². The van der Waals surface area contributed by atoms with Gasteiger partial charge < -0.3 is 15.1 Å². The van der Waals surface area contributed by atoms with Gasteiger partial charge in [-0.25, -0.2) is 0 Å². The lowest BCUT2D eigenvalue weighted by Crippen LogP contribution is -2.45. The maximum absolute atomic E-state index is 3.51. The van der Waals surface area contributed by atoms with Crippen LogP contribution >= 0.6 is 12.4 Å². The number of nitrogens with zero attached hydrogens (tertiary/aromatic N) is 2. The van der Waals surface area contributed by atoms with E-state index in [0.717, 1.165) is 26.2 Å². The summed E-state index contributed by atoms with van der Waals surface area (Å²) in [6.45, 7) is 11.6. The number of fused-ring (bicyclic) bond motifs is 1. The molecular formula is C16H26ClN3. The molecular weight excluding hydrogens is 270 g/mol. The van der Waals surface area contributed by atoms with E-state index in [9.17, 15) is 0 Å². The number of likely N-dealkylation sites (N-methyl/N-ethyl adjacent to an activating group) is 1. The van der Waals surface area contributed by atoms with Crippen LogP contribution in [0.5, 0.6) is 0 Å². The first-order valence-electron chi connectivity index (χ1n) is 7.51. The lowest BCUT2D eigenvalue weighted by Gasteiger charge is -2.41. The third-order valence-corrected chi connectivity index (χ3v) is 4.61. The van der Waals surface area contributed by atoms with Crippen molar-refractivity contribution < 1.29 is 0 Å². The maximum Gasteiger partial charge on any atom is 0.0604 e. The van der Waals surface area contributed by atoms with Crippen molar-refractivity contribution in [1.29, 1.82) is 0 Å². The van der Waals surface area contributed by atoms with Gasteiger partial charge >= 0.3 is 0 Å². The zero-order chi connectivity index (χ0) is 13.3. The minimum absolute atomic E-state index is 0. The van der Waals surface area contributed by atoms with E-state index in [1.165, 1.54) is 30.9 Å². The summed E-state index contributed by atoms with van der Waals surface area (Å²) in [5.41, 5.74) is 3.26. The van der Waals surface area contributed by atoms with Crippen LogP contribution in [0.3, 0.4) is 0 Å². The second kappa shape index (κ2) is 6.23. The number of halogens is 1. The quantitative estimate of drug-likeness (QED) is 0.925. The summed E-state index contributed by atoms with van der Waals surface area (Å²) in [6.07, 6.45) is 1.29. The predicted molar refractivity (Wildman–Crippen MR) is 89.4 cm³/mol. The molecule has 1 saturated heterocycles. The van der Waals surface area contributed by atoms with Crippen molar-refractivity contribution in [2.45, 2.75) is 20.3 Å². The fourth-order valence-corrected chi connectivity index (χ4v) is 3.44. The first-order chi connectivity index (χ1) is 9.22. The van der Waals surface area contributed by atoms with Crippen LogP contribution in [0.2, 0.25) is 0 Å². The number of hydrogen-bond acceptors (Lipinski definition) is 3. The zero-order valence-corrected chi connectivity index (χ0v) is 13.4. The highest BCUT2D eigenvalue weighted by atomic mass is 35.5. The molecule has 0 saturated carbocycles. The Balaban J connectivity index is 0.00000147. The number of para-hydroxylation sites is 2. The molecule has 2 aliphatic heterocycles. The Labute approximate surface area is 128 Å². The summed E-state index contributed by atoms with van der Waals surface area (Å²) < 4.78 is 0. The Morgan fingerprint density at radius 3 is 2.40 bits per heavy atom. The van der Waals surface area contributed by atoms with Crippen molar-refractivity contribution in [2.75, 3.05) is 49.1 Å². The fourth-order valence-electron chi connectivity index (χ4n) is 3.44. The van der Waals surface area contributed by atoms with Crippen molar-refractivity contribution >= 4 is 23.8 Å². The highest BCUT2D eigenvalue weighted by Gasteiger charge is 2.32. The van der Waals surface area contributed by atoms with E-state index >= 15 is 0 Å². The summed E-state index contributed by atoms with van der Waals surface area (Å²) in [5.74, 6) is 0. The summed E-state index contributed by atoms with van der Waals surface area (Å²) in [5, 5.41) is 3.51. The molecule has 0 radical (unpaired) electrons. The summed E-state index contributed by atoms with van der Waals surface area (Å²) in [6, 6.07) is 8.87. The molecule has 0 aromatic heterocycles. The summed E-state index contributed by atoms with van der Waals surface area (Å²) in [4.78, 5) is 5.08. The van der Waals surface area contributed by atoms with E-state index in [1.807, 2.05) is 0 Å². The van der Waals surface area contributed by atoms with Crippen LogP contribution < -0.4 is 15.1 Å². The molecule has 0 amide bonds. The standard InChI is InChI=1S/C16H25N3.ClH/c1-3-18-10-11-19(13-16(2)8-9-17-12-16)15-7-5-4-6-14(15)18;/h4-7,17H,3,8-13H2,1-2H3;1H. The van der Waals surface area contributed by atoms with Gasteiger partial charge in [-0.2, -0.15) is 0 Å². The second-order valence-electron chi connectivity index (χ2n) is 6.23. The van der Waals surface area contributed by atoms with Crippen molar-refractivity contribution in [3.05, 3.63) is 24.3 Å². The van der Waals surface area contributed by atoms with Crippen LogP contribution in [0.25, 0.3) is 0 Å². The second-order valence-corrected chi connectivity index (χ2v) is 6.23. The van der Waals surface area contributed by atoms with Crippen LogP contribution in [0.4, 0.5) is 11.4 Å². The van der Waals surface area contributed by atoms with E-state index in [0.29, 0.717) is 5.41 Å². The Morgan fingerprint density at radius 1 is 1.15 bits per heavy atom. The van der Waals surface area contributed by atoms with Gasteiger partial charge in [0.15, 0.2) is 0 Å². The summed E-state index contributed by atoms with van der Waals surface area (Å²) in [7, 11) is 0. The molecule has 2 heterocycles. The fraction of sp³-hybridized carbons (Fsp3) is 0.625. The number of anilines is 2. The van der Waals surface area contributed by atoms with Crippen LogP contribution in [-0.2, 0) is 0 Å². The Morgan fingerprint density at radius 2 is 1.80 bits per heavy atom. The smallest absolute Gasteiger partial charge is 0.0604 e. The molecule has 1 fully saturated rings. The highest BCUT2D eigenvalue weighted by Crippen LogP contribution is 2.36. The Hall–Kier alpha value is -0.930. The van der Waals surface area contributed by atoms with Crippen molar-refractivity contribution in [3.63, 3.8) is 0 Å². The van der Waals surface area contributed by atoms with Gasteiger partial charge in [0.05, 0.1) is 11.4 Å². The van der Waals surface area contributed by atoms with E-state index in [-0.39, 0.29) is 12.4 Å².